The molecule has 27 heavy (non-hydrogen) atoms. The molecule has 0 spiro atoms. The van der Waals surface area contributed by atoms with Crippen LogP contribution in [-0.2, 0) is 20.9 Å². The Kier molecular flexibility index (Phi) is 8.79. The molecule has 0 aromatic heterocycles. The van der Waals surface area contributed by atoms with Crippen molar-refractivity contribution in [3.63, 3.8) is 0 Å². The summed E-state index contributed by atoms with van der Waals surface area (Å²) in [6, 6.07) is 10.7. The molecule has 2 rings (SSSR count). The molecule has 1 aromatic carbocycles. The zero-order chi connectivity index (χ0) is 19.6. The van der Waals surface area contributed by atoms with Crippen molar-refractivity contribution in [2.75, 3.05) is 26.7 Å². The third-order valence-corrected chi connectivity index (χ3v) is 5.39. The summed E-state index contributed by atoms with van der Waals surface area (Å²) in [5.41, 5.74) is 1.33. The first kappa shape index (κ1) is 21.4. The van der Waals surface area contributed by atoms with E-state index in [1.807, 2.05) is 17.9 Å². The van der Waals surface area contributed by atoms with E-state index in [1.54, 1.807) is 0 Å². The van der Waals surface area contributed by atoms with Crippen molar-refractivity contribution >= 4 is 11.9 Å². The van der Waals surface area contributed by atoms with Gasteiger partial charge in [0, 0.05) is 38.6 Å². The molecule has 1 fully saturated rings. The van der Waals surface area contributed by atoms with Crippen molar-refractivity contribution in [3.05, 3.63) is 35.9 Å². The maximum absolute atomic E-state index is 12.8. The van der Waals surface area contributed by atoms with Gasteiger partial charge in [-0.25, -0.2) is 0 Å². The lowest BCUT2D eigenvalue weighted by atomic mass is 9.99. The van der Waals surface area contributed by atoms with Crippen molar-refractivity contribution in [1.82, 2.24) is 9.80 Å². The molecule has 1 amide bonds. The van der Waals surface area contributed by atoms with Crippen LogP contribution in [0.15, 0.2) is 30.3 Å². The molecule has 150 valence electrons. The number of unbranched alkanes of at least 4 members (excludes halogenated alkanes) is 1. The number of benzene rings is 1. The molecule has 5 heteroatoms. The lowest BCUT2D eigenvalue weighted by molar-refractivity contribution is -0.147. The number of rotatable bonds is 9. The minimum atomic E-state index is -0.289. The average molecular weight is 375 g/mol. The van der Waals surface area contributed by atoms with Crippen LogP contribution in [0.25, 0.3) is 0 Å². The summed E-state index contributed by atoms with van der Waals surface area (Å²) in [4.78, 5) is 29.0. The van der Waals surface area contributed by atoms with Gasteiger partial charge in [-0.2, -0.15) is 0 Å². The molecular formula is C22H34N2O3. The summed E-state index contributed by atoms with van der Waals surface area (Å²) in [7, 11) is 1.41. The number of amides is 1. The Labute approximate surface area is 163 Å². The first-order valence-electron chi connectivity index (χ1n) is 10.2. The number of ether oxygens (including phenoxy) is 1. The second-order valence-corrected chi connectivity index (χ2v) is 7.57. The third-order valence-electron chi connectivity index (χ3n) is 5.39. The minimum Gasteiger partial charge on any atom is -0.469 e. The van der Waals surface area contributed by atoms with Crippen molar-refractivity contribution in [1.29, 1.82) is 0 Å². The standard InChI is InChI=1S/C22H34N2O3/c1-4-5-11-21(25)24(16-18(2)22(26)27-3)20-12-14-23(15-13-20)17-19-9-7-6-8-10-19/h6-10,18,20H,4-5,11-17H2,1-3H3. The van der Waals surface area contributed by atoms with E-state index in [0.717, 1.165) is 45.3 Å². The molecule has 1 aliphatic rings. The summed E-state index contributed by atoms with van der Waals surface area (Å²) in [5.74, 6) is -0.359. The largest absolute Gasteiger partial charge is 0.469 e. The normalized spacial score (nSPS) is 16.7. The second kappa shape index (κ2) is 11.1. The van der Waals surface area contributed by atoms with Crippen LogP contribution in [0.2, 0.25) is 0 Å². The first-order chi connectivity index (χ1) is 13.0. The van der Waals surface area contributed by atoms with Crippen LogP contribution >= 0.6 is 0 Å². The number of piperidine rings is 1. The topological polar surface area (TPSA) is 49.9 Å². The Morgan fingerprint density at radius 2 is 1.89 bits per heavy atom. The van der Waals surface area contributed by atoms with Crippen LogP contribution in [0.1, 0.15) is 51.5 Å². The Morgan fingerprint density at radius 1 is 1.22 bits per heavy atom. The Bertz CT molecular complexity index is 582. The molecule has 1 heterocycles. The molecule has 1 saturated heterocycles. The number of methoxy groups -OCH3 is 1. The number of carbonyl (C=O) groups excluding carboxylic acids is 2. The van der Waals surface area contributed by atoms with Gasteiger partial charge in [0.1, 0.15) is 0 Å². The molecule has 0 radical (unpaired) electrons. The fraction of sp³-hybridized carbons (Fsp3) is 0.636. The first-order valence-corrected chi connectivity index (χ1v) is 10.2. The van der Waals surface area contributed by atoms with Crippen LogP contribution in [0.3, 0.4) is 0 Å². The fourth-order valence-electron chi connectivity index (χ4n) is 3.73. The SMILES string of the molecule is CCCCC(=O)N(CC(C)C(=O)OC)C1CCN(Cc2ccccc2)CC1. The number of nitrogens with zero attached hydrogens (tertiary/aromatic N) is 2. The number of hydrogen-bond donors (Lipinski definition) is 0. The molecule has 1 unspecified atom stereocenters. The van der Waals surface area contributed by atoms with Gasteiger partial charge >= 0.3 is 5.97 Å². The summed E-state index contributed by atoms with van der Waals surface area (Å²) in [5, 5.41) is 0. The van der Waals surface area contributed by atoms with Crippen LogP contribution in [-0.4, -0.2) is 54.5 Å². The molecule has 0 N–H and O–H groups in total. The highest BCUT2D eigenvalue weighted by Gasteiger charge is 2.30. The smallest absolute Gasteiger partial charge is 0.310 e. The van der Waals surface area contributed by atoms with E-state index in [4.69, 9.17) is 4.74 Å². The van der Waals surface area contributed by atoms with E-state index >= 15 is 0 Å². The Balaban J connectivity index is 1.94. The second-order valence-electron chi connectivity index (χ2n) is 7.57. The summed E-state index contributed by atoms with van der Waals surface area (Å²) in [6.45, 7) is 7.30. The predicted octanol–water partition coefficient (Wildman–Crippen LogP) is 3.48. The van der Waals surface area contributed by atoms with Crippen molar-refractivity contribution in [2.24, 2.45) is 5.92 Å². The highest BCUT2D eigenvalue weighted by atomic mass is 16.5. The van der Waals surface area contributed by atoms with Crippen LogP contribution in [0.5, 0.6) is 0 Å². The monoisotopic (exact) mass is 374 g/mol. The van der Waals surface area contributed by atoms with Crippen LogP contribution < -0.4 is 0 Å². The number of esters is 1. The zero-order valence-corrected chi connectivity index (χ0v) is 17.0. The van der Waals surface area contributed by atoms with Gasteiger partial charge in [-0.1, -0.05) is 50.6 Å². The van der Waals surface area contributed by atoms with E-state index < -0.39 is 0 Å². The molecule has 5 nitrogen and oxygen atoms in total. The van der Waals surface area contributed by atoms with Gasteiger partial charge in [-0.15, -0.1) is 0 Å². The fourth-order valence-corrected chi connectivity index (χ4v) is 3.73. The average Bonchev–Trinajstić information content (AvgIpc) is 2.71. The molecule has 1 aromatic rings. The van der Waals surface area contributed by atoms with Crippen molar-refractivity contribution in [3.8, 4) is 0 Å². The van der Waals surface area contributed by atoms with Gasteiger partial charge in [0.05, 0.1) is 13.0 Å². The maximum atomic E-state index is 12.8. The molecule has 0 saturated carbocycles. The van der Waals surface area contributed by atoms with Gasteiger partial charge in [0.2, 0.25) is 5.91 Å². The van der Waals surface area contributed by atoms with Crippen molar-refractivity contribution in [2.45, 2.75) is 58.5 Å². The lowest BCUT2D eigenvalue weighted by Gasteiger charge is -2.39. The van der Waals surface area contributed by atoms with Gasteiger partial charge in [0.15, 0.2) is 0 Å². The number of hydrogen-bond acceptors (Lipinski definition) is 4. The number of carbonyl (C=O) groups is 2. The highest BCUT2D eigenvalue weighted by molar-refractivity contribution is 5.78. The van der Waals surface area contributed by atoms with Gasteiger partial charge < -0.3 is 9.64 Å². The predicted molar refractivity (Wildman–Crippen MR) is 107 cm³/mol. The quantitative estimate of drug-likeness (QED) is 0.621. The van der Waals surface area contributed by atoms with E-state index in [1.165, 1.54) is 12.7 Å². The number of likely N-dealkylation sites (tertiary alicyclic amines) is 1. The molecule has 1 aliphatic heterocycles. The van der Waals surface area contributed by atoms with Gasteiger partial charge in [-0.3, -0.25) is 14.5 Å². The zero-order valence-electron chi connectivity index (χ0n) is 17.0. The lowest BCUT2D eigenvalue weighted by Crippen LogP contribution is -2.49. The van der Waals surface area contributed by atoms with Gasteiger partial charge in [-0.05, 0) is 24.8 Å². The highest BCUT2D eigenvalue weighted by Crippen LogP contribution is 2.21. The summed E-state index contributed by atoms with van der Waals surface area (Å²) >= 11 is 0. The minimum absolute atomic E-state index is 0.175. The third kappa shape index (κ3) is 6.65. The summed E-state index contributed by atoms with van der Waals surface area (Å²) in [6.07, 6.45) is 4.38. The molecule has 0 aliphatic carbocycles. The van der Waals surface area contributed by atoms with E-state index in [0.29, 0.717) is 13.0 Å². The summed E-state index contributed by atoms with van der Waals surface area (Å²) < 4.78 is 4.86. The Morgan fingerprint density at radius 3 is 2.48 bits per heavy atom. The molecule has 0 bridgehead atoms. The van der Waals surface area contributed by atoms with E-state index in [9.17, 15) is 9.59 Å². The van der Waals surface area contributed by atoms with Crippen LogP contribution in [0, 0.1) is 5.92 Å². The van der Waals surface area contributed by atoms with Gasteiger partial charge in [0.25, 0.3) is 0 Å². The molecule has 1 atom stereocenters. The molecular weight excluding hydrogens is 340 g/mol. The van der Waals surface area contributed by atoms with E-state index in [2.05, 4.69) is 36.1 Å². The maximum Gasteiger partial charge on any atom is 0.310 e. The van der Waals surface area contributed by atoms with E-state index in [-0.39, 0.29) is 23.8 Å². The van der Waals surface area contributed by atoms with Crippen molar-refractivity contribution < 1.29 is 14.3 Å². The van der Waals surface area contributed by atoms with Crippen LogP contribution in [0.4, 0.5) is 0 Å². The Hall–Kier alpha value is -1.88.